The van der Waals surface area contributed by atoms with Crippen LogP contribution in [0.4, 0.5) is 4.39 Å². The van der Waals surface area contributed by atoms with Crippen molar-refractivity contribution < 1.29 is 18.7 Å². The Hall–Kier alpha value is -3.52. The number of halogens is 1. The lowest BCUT2D eigenvalue weighted by atomic mass is 10.1. The van der Waals surface area contributed by atoms with E-state index < -0.39 is 6.04 Å². The summed E-state index contributed by atoms with van der Waals surface area (Å²) in [7, 11) is 1.36. The number of likely N-dealkylation sites (tertiary alicyclic amines) is 1. The lowest BCUT2D eigenvalue weighted by Gasteiger charge is -2.22. The van der Waals surface area contributed by atoms with Gasteiger partial charge in [0.15, 0.2) is 0 Å². The van der Waals surface area contributed by atoms with Gasteiger partial charge in [-0.25, -0.2) is 9.07 Å². The monoisotopic (exact) mass is 464 g/mol. The first kappa shape index (κ1) is 23.6. The second-order valence-corrected chi connectivity index (χ2v) is 8.67. The number of nitrogens with one attached hydrogen (secondary N) is 1. The maximum absolute atomic E-state index is 13.3. The first-order chi connectivity index (χ1) is 16.4. The molecule has 1 saturated heterocycles. The Kier molecular flexibility index (Phi) is 7.07. The van der Waals surface area contributed by atoms with E-state index in [2.05, 4.69) is 10.4 Å². The first-order valence-electron chi connectivity index (χ1n) is 11.3. The van der Waals surface area contributed by atoms with Crippen molar-refractivity contribution in [3.8, 4) is 5.69 Å². The number of amides is 1. The van der Waals surface area contributed by atoms with Crippen molar-refractivity contribution in [3.63, 3.8) is 0 Å². The molecule has 4 rings (SSSR count). The molecule has 0 unspecified atom stereocenters. The molecule has 0 aliphatic carbocycles. The van der Waals surface area contributed by atoms with E-state index in [4.69, 9.17) is 4.74 Å². The van der Waals surface area contributed by atoms with Crippen LogP contribution in [-0.4, -0.2) is 52.3 Å². The number of ether oxygens (including phenoxy) is 1. The van der Waals surface area contributed by atoms with Crippen LogP contribution in [-0.2, 0) is 27.3 Å². The van der Waals surface area contributed by atoms with Crippen LogP contribution >= 0.6 is 0 Å². The van der Waals surface area contributed by atoms with Gasteiger partial charge in [0.25, 0.3) is 0 Å². The number of aromatic nitrogens is 2. The summed E-state index contributed by atoms with van der Waals surface area (Å²) in [4.78, 5) is 27.3. The van der Waals surface area contributed by atoms with Crippen LogP contribution in [0.2, 0.25) is 0 Å². The van der Waals surface area contributed by atoms with E-state index in [1.165, 1.54) is 19.2 Å². The maximum atomic E-state index is 13.3. The van der Waals surface area contributed by atoms with E-state index >= 15 is 0 Å². The van der Waals surface area contributed by atoms with E-state index in [0.717, 1.165) is 28.2 Å². The molecule has 1 aliphatic heterocycles. The lowest BCUT2D eigenvalue weighted by molar-refractivity contribution is -0.146. The second kappa shape index (κ2) is 10.2. The zero-order chi connectivity index (χ0) is 24.2. The number of rotatable bonds is 7. The summed E-state index contributed by atoms with van der Waals surface area (Å²) < 4.78 is 20.1. The molecule has 0 bridgehead atoms. The number of nitrogens with zero attached hydrogens (tertiary/aromatic N) is 3. The van der Waals surface area contributed by atoms with Crippen LogP contribution in [0.15, 0.2) is 54.6 Å². The number of methoxy groups -OCH3 is 1. The molecule has 8 heteroatoms. The summed E-state index contributed by atoms with van der Waals surface area (Å²) in [5.41, 5.74) is 4.47. The number of benzene rings is 2. The van der Waals surface area contributed by atoms with Crippen LogP contribution in [0.5, 0.6) is 0 Å². The number of para-hydroxylation sites is 1. The summed E-state index contributed by atoms with van der Waals surface area (Å²) in [6, 6.07) is 15.3. The molecule has 0 saturated carbocycles. The van der Waals surface area contributed by atoms with E-state index in [0.29, 0.717) is 19.5 Å². The van der Waals surface area contributed by atoms with E-state index in [-0.39, 0.29) is 30.2 Å². The van der Waals surface area contributed by atoms with Gasteiger partial charge in [0.1, 0.15) is 11.9 Å². The molecule has 178 valence electrons. The molecule has 1 amide bonds. The molecule has 2 heterocycles. The van der Waals surface area contributed by atoms with Crippen molar-refractivity contribution in [2.45, 2.75) is 45.3 Å². The highest BCUT2D eigenvalue weighted by atomic mass is 19.1. The number of hydrogen-bond donors (Lipinski definition) is 1. The minimum Gasteiger partial charge on any atom is -0.468 e. The fraction of sp³-hybridized carbons (Fsp3) is 0.346. The molecule has 7 nitrogen and oxygen atoms in total. The van der Waals surface area contributed by atoms with Crippen LogP contribution in [0.25, 0.3) is 5.69 Å². The lowest BCUT2D eigenvalue weighted by Crippen LogP contribution is -2.38. The van der Waals surface area contributed by atoms with Crippen LogP contribution in [0, 0.1) is 19.7 Å². The van der Waals surface area contributed by atoms with Crippen molar-refractivity contribution in [3.05, 3.63) is 82.9 Å². The minimum atomic E-state index is -0.468. The van der Waals surface area contributed by atoms with Gasteiger partial charge >= 0.3 is 5.97 Å². The quantitative estimate of drug-likeness (QED) is 0.544. The average molecular weight is 465 g/mol. The Bertz CT molecular complexity index is 1160. The largest absolute Gasteiger partial charge is 0.468 e. The van der Waals surface area contributed by atoms with E-state index in [9.17, 15) is 14.0 Å². The highest BCUT2D eigenvalue weighted by Gasteiger charge is 2.38. The standard InChI is InChI=1S/C26H29FN4O3/c1-17-23(18(2)31(29-17)22-7-5-4-6-8-22)14-25(32)28-21-13-24(26(33)34-3)30(16-21)15-19-9-11-20(27)12-10-19/h4-12,21,24H,13-16H2,1-3H3,(H,28,32)/t21-,24+/m1/s1. The third-order valence-electron chi connectivity index (χ3n) is 6.32. The number of esters is 1. The Morgan fingerprint density at radius 3 is 2.50 bits per heavy atom. The van der Waals surface area contributed by atoms with Crippen LogP contribution in [0.1, 0.15) is 28.9 Å². The number of carbonyl (C=O) groups excluding carboxylic acids is 2. The molecule has 1 N–H and O–H groups in total. The molecule has 1 aromatic heterocycles. The SMILES string of the molecule is COC(=O)[C@@H]1C[C@@H](NC(=O)Cc2c(C)nn(-c3ccccc3)c2C)CN1Cc1ccc(F)cc1. The highest BCUT2D eigenvalue weighted by Crippen LogP contribution is 2.23. The molecule has 0 spiro atoms. The molecule has 2 atom stereocenters. The smallest absolute Gasteiger partial charge is 0.323 e. The van der Waals surface area contributed by atoms with E-state index in [1.807, 2.05) is 53.8 Å². The molecule has 1 aliphatic rings. The van der Waals surface area contributed by atoms with Gasteiger partial charge in [-0.05, 0) is 50.1 Å². The summed E-state index contributed by atoms with van der Waals surface area (Å²) >= 11 is 0. The van der Waals surface area contributed by atoms with Gasteiger partial charge in [0.2, 0.25) is 5.91 Å². The van der Waals surface area contributed by atoms with Gasteiger partial charge in [0, 0.05) is 30.4 Å². The predicted octanol–water partition coefficient (Wildman–Crippen LogP) is 3.10. The maximum Gasteiger partial charge on any atom is 0.323 e. The van der Waals surface area contributed by atoms with Crippen LogP contribution < -0.4 is 5.32 Å². The Labute approximate surface area is 198 Å². The summed E-state index contributed by atoms with van der Waals surface area (Å²) in [6.07, 6.45) is 0.669. The van der Waals surface area contributed by atoms with Crippen molar-refractivity contribution >= 4 is 11.9 Å². The fourth-order valence-corrected chi connectivity index (χ4v) is 4.58. The van der Waals surface area contributed by atoms with Crippen molar-refractivity contribution in [1.82, 2.24) is 20.0 Å². The molecule has 34 heavy (non-hydrogen) atoms. The van der Waals surface area contributed by atoms with E-state index in [1.54, 1.807) is 12.1 Å². The Balaban J connectivity index is 1.43. The highest BCUT2D eigenvalue weighted by molar-refractivity contribution is 5.80. The minimum absolute atomic E-state index is 0.115. The molecule has 0 radical (unpaired) electrons. The van der Waals surface area contributed by atoms with Crippen molar-refractivity contribution in [1.29, 1.82) is 0 Å². The molecular formula is C26H29FN4O3. The molecule has 1 fully saturated rings. The number of aryl methyl sites for hydroxylation is 1. The van der Waals surface area contributed by atoms with Gasteiger partial charge in [0.05, 0.1) is 24.9 Å². The van der Waals surface area contributed by atoms with Gasteiger partial charge in [-0.3, -0.25) is 14.5 Å². The third-order valence-corrected chi connectivity index (χ3v) is 6.32. The van der Waals surface area contributed by atoms with Gasteiger partial charge in [-0.15, -0.1) is 0 Å². The van der Waals surface area contributed by atoms with Gasteiger partial charge in [-0.1, -0.05) is 30.3 Å². The van der Waals surface area contributed by atoms with Crippen LogP contribution in [0.3, 0.4) is 0 Å². The number of hydrogen-bond acceptors (Lipinski definition) is 5. The summed E-state index contributed by atoms with van der Waals surface area (Å²) in [5, 5.41) is 7.70. The molecule has 3 aromatic rings. The predicted molar refractivity (Wildman–Crippen MR) is 126 cm³/mol. The third kappa shape index (κ3) is 5.17. The summed E-state index contributed by atoms with van der Waals surface area (Å²) in [6.45, 7) is 4.84. The molecular weight excluding hydrogens is 435 g/mol. The first-order valence-corrected chi connectivity index (χ1v) is 11.3. The van der Waals surface area contributed by atoms with Gasteiger partial charge < -0.3 is 10.1 Å². The van der Waals surface area contributed by atoms with Gasteiger partial charge in [-0.2, -0.15) is 5.10 Å². The number of carbonyl (C=O) groups is 2. The van der Waals surface area contributed by atoms with Crippen molar-refractivity contribution in [2.75, 3.05) is 13.7 Å². The Morgan fingerprint density at radius 2 is 1.82 bits per heavy atom. The zero-order valence-electron chi connectivity index (χ0n) is 19.6. The normalized spacial score (nSPS) is 18.1. The topological polar surface area (TPSA) is 76.5 Å². The summed E-state index contributed by atoms with van der Waals surface area (Å²) in [5.74, 6) is -0.758. The molecule has 2 aromatic carbocycles. The fourth-order valence-electron chi connectivity index (χ4n) is 4.58. The second-order valence-electron chi connectivity index (χ2n) is 8.67. The Morgan fingerprint density at radius 1 is 1.12 bits per heavy atom. The zero-order valence-corrected chi connectivity index (χ0v) is 19.6. The van der Waals surface area contributed by atoms with Crippen molar-refractivity contribution in [2.24, 2.45) is 0 Å². The average Bonchev–Trinajstić information content (AvgIpc) is 3.35.